The molecule has 1 aromatic heterocycles. The van der Waals surface area contributed by atoms with E-state index in [2.05, 4.69) is 0 Å². The second-order valence-electron chi connectivity index (χ2n) is 5.55. The molecule has 1 aliphatic rings. The molecule has 20 heavy (non-hydrogen) atoms. The van der Waals surface area contributed by atoms with Crippen molar-refractivity contribution in [3.05, 3.63) is 29.1 Å². The summed E-state index contributed by atoms with van der Waals surface area (Å²) in [6.07, 6.45) is 5.98. The molecule has 106 valence electrons. The Morgan fingerprint density at radius 1 is 1.25 bits per heavy atom. The minimum Gasteiger partial charge on any atom is -0.397 e. The highest BCUT2D eigenvalue weighted by molar-refractivity contribution is 7.21. The van der Waals surface area contributed by atoms with Crippen LogP contribution in [0.1, 0.15) is 41.8 Å². The van der Waals surface area contributed by atoms with Gasteiger partial charge in [0.25, 0.3) is 5.91 Å². The fourth-order valence-corrected chi connectivity index (χ4v) is 4.12. The van der Waals surface area contributed by atoms with Gasteiger partial charge in [0.2, 0.25) is 0 Å². The van der Waals surface area contributed by atoms with Crippen molar-refractivity contribution in [2.45, 2.75) is 38.1 Å². The maximum atomic E-state index is 12.7. The minimum absolute atomic E-state index is 0.0793. The molecule has 1 fully saturated rings. The van der Waals surface area contributed by atoms with Crippen LogP contribution >= 0.6 is 11.3 Å². The largest absolute Gasteiger partial charge is 0.397 e. The fraction of sp³-hybridized carbons (Fsp3) is 0.438. The Kier molecular flexibility index (Phi) is 3.66. The molecule has 4 heteroatoms. The van der Waals surface area contributed by atoms with Crippen molar-refractivity contribution in [2.75, 3.05) is 12.8 Å². The first-order valence-electron chi connectivity index (χ1n) is 7.22. The Morgan fingerprint density at radius 3 is 2.65 bits per heavy atom. The van der Waals surface area contributed by atoms with Gasteiger partial charge in [-0.15, -0.1) is 11.3 Å². The maximum absolute atomic E-state index is 12.7. The first-order valence-corrected chi connectivity index (χ1v) is 8.04. The molecule has 0 aliphatic heterocycles. The molecule has 1 saturated carbocycles. The van der Waals surface area contributed by atoms with Crippen LogP contribution in [0.2, 0.25) is 0 Å². The third kappa shape index (κ3) is 2.29. The zero-order valence-corrected chi connectivity index (χ0v) is 12.6. The third-order valence-corrected chi connectivity index (χ3v) is 5.45. The molecule has 0 bridgehead atoms. The molecule has 0 atom stereocenters. The highest BCUT2D eigenvalue weighted by Gasteiger charge is 2.26. The summed E-state index contributed by atoms with van der Waals surface area (Å²) < 4.78 is 1.09. The van der Waals surface area contributed by atoms with E-state index in [4.69, 9.17) is 5.73 Å². The van der Waals surface area contributed by atoms with Crippen LogP contribution < -0.4 is 5.73 Å². The van der Waals surface area contributed by atoms with E-state index in [1.807, 2.05) is 36.2 Å². The second kappa shape index (κ2) is 5.44. The number of thiophene rings is 1. The topological polar surface area (TPSA) is 46.3 Å². The number of carbonyl (C=O) groups is 1. The molecular weight excluding hydrogens is 268 g/mol. The van der Waals surface area contributed by atoms with E-state index in [1.54, 1.807) is 0 Å². The number of carbonyl (C=O) groups excluding carboxylic acids is 1. The summed E-state index contributed by atoms with van der Waals surface area (Å²) in [6, 6.07) is 8.33. The summed E-state index contributed by atoms with van der Waals surface area (Å²) in [5, 5.41) is 0.998. The zero-order chi connectivity index (χ0) is 14.1. The van der Waals surface area contributed by atoms with Crippen molar-refractivity contribution < 1.29 is 4.79 Å². The number of hydrogen-bond acceptors (Lipinski definition) is 3. The van der Waals surface area contributed by atoms with E-state index >= 15 is 0 Å². The average molecular weight is 288 g/mol. The molecule has 0 radical (unpaired) electrons. The van der Waals surface area contributed by atoms with Crippen LogP contribution in [0.5, 0.6) is 0 Å². The number of amides is 1. The number of benzene rings is 1. The van der Waals surface area contributed by atoms with Crippen LogP contribution in [0.3, 0.4) is 0 Å². The van der Waals surface area contributed by atoms with Crippen molar-refractivity contribution in [3.63, 3.8) is 0 Å². The van der Waals surface area contributed by atoms with Gasteiger partial charge in [-0.05, 0) is 18.9 Å². The summed E-state index contributed by atoms with van der Waals surface area (Å²) in [5.74, 6) is 0.0793. The highest BCUT2D eigenvalue weighted by atomic mass is 32.1. The number of fused-ring (bicyclic) bond motifs is 1. The van der Waals surface area contributed by atoms with Crippen molar-refractivity contribution in [1.82, 2.24) is 4.90 Å². The second-order valence-corrected chi connectivity index (χ2v) is 6.60. The Morgan fingerprint density at radius 2 is 1.95 bits per heavy atom. The van der Waals surface area contributed by atoms with Gasteiger partial charge >= 0.3 is 0 Å². The molecule has 2 aromatic rings. The van der Waals surface area contributed by atoms with Gasteiger partial charge in [-0.3, -0.25) is 4.79 Å². The van der Waals surface area contributed by atoms with Gasteiger partial charge in [-0.1, -0.05) is 37.5 Å². The van der Waals surface area contributed by atoms with Crippen LogP contribution in [0.25, 0.3) is 10.1 Å². The number of hydrogen-bond donors (Lipinski definition) is 1. The first kappa shape index (κ1) is 13.4. The summed E-state index contributed by atoms with van der Waals surface area (Å²) in [6.45, 7) is 0. The molecule has 1 amide bonds. The third-order valence-electron chi connectivity index (χ3n) is 4.27. The lowest BCUT2D eigenvalue weighted by atomic mass is 9.94. The molecular formula is C16H20N2OS. The lowest BCUT2D eigenvalue weighted by Gasteiger charge is -2.31. The predicted octanol–water partition coefficient (Wildman–Crippen LogP) is 3.89. The Balaban J connectivity index is 1.89. The number of nitrogen functional groups attached to an aromatic ring is 1. The average Bonchev–Trinajstić information content (AvgIpc) is 2.84. The molecule has 1 aliphatic carbocycles. The molecule has 2 N–H and O–H groups in total. The molecule has 0 unspecified atom stereocenters. The smallest absolute Gasteiger partial charge is 0.266 e. The number of nitrogens with two attached hydrogens (primary N) is 1. The quantitative estimate of drug-likeness (QED) is 0.911. The summed E-state index contributed by atoms with van der Waals surface area (Å²) >= 11 is 1.51. The summed E-state index contributed by atoms with van der Waals surface area (Å²) in [7, 11) is 1.92. The molecule has 0 spiro atoms. The van der Waals surface area contributed by atoms with Crippen LogP contribution in [-0.4, -0.2) is 23.9 Å². The van der Waals surface area contributed by atoms with Crippen LogP contribution in [-0.2, 0) is 0 Å². The molecule has 0 saturated heterocycles. The first-order chi connectivity index (χ1) is 9.68. The van der Waals surface area contributed by atoms with Gasteiger partial charge in [0.05, 0.1) is 5.69 Å². The summed E-state index contributed by atoms with van der Waals surface area (Å²) in [4.78, 5) is 15.3. The Hall–Kier alpha value is -1.55. The Labute approximate surface area is 123 Å². The normalized spacial score (nSPS) is 16.4. The zero-order valence-electron chi connectivity index (χ0n) is 11.8. The molecule has 3 nitrogen and oxygen atoms in total. The Bertz CT molecular complexity index is 628. The lowest BCUT2D eigenvalue weighted by Crippen LogP contribution is -2.38. The van der Waals surface area contributed by atoms with Crippen molar-refractivity contribution in [2.24, 2.45) is 0 Å². The van der Waals surface area contributed by atoms with Gasteiger partial charge < -0.3 is 10.6 Å². The number of nitrogens with zero attached hydrogens (tertiary/aromatic N) is 1. The molecule has 1 heterocycles. The molecule has 1 aromatic carbocycles. The van der Waals surface area contributed by atoms with Crippen molar-refractivity contribution >= 4 is 33.0 Å². The van der Waals surface area contributed by atoms with Gasteiger partial charge in [0.15, 0.2) is 0 Å². The van der Waals surface area contributed by atoms with Crippen LogP contribution in [0, 0.1) is 0 Å². The van der Waals surface area contributed by atoms with Gasteiger partial charge in [-0.25, -0.2) is 0 Å². The van der Waals surface area contributed by atoms with E-state index in [9.17, 15) is 4.79 Å². The van der Waals surface area contributed by atoms with E-state index < -0.39 is 0 Å². The number of rotatable bonds is 2. The van der Waals surface area contributed by atoms with Crippen LogP contribution in [0.15, 0.2) is 24.3 Å². The SMILES string of the molecule is CN(C(=O)c1sc2ccccc2c1N)C1CCCCC1. The lowest BCUT2D eigenvalue weighted by molar-refractivity contribution is 0.0702. The van der Waals surface area contributed by atoms with E-state index in [0.29, 0.717) is 16.6 Å². The van der Waals surface area contributed by atoms with Gasteiger partial charge in [0.1, 0.15) is 4.88 Å². The molecule has 3 rings (SSSR count). The monoisotopic (exact) mass is 288 g/mol. The van der Waals surface area contributed by atoms with Crippen LogP contribution in [0.4, 0.5) is 5.69 Å². The summed E-state index contributed by atoms with van der Waals surface area (Å²) in [5.41, 5.74) is 6.81. The van der Waals surface area contributed by atoms with E-state index in [1.165, 1.54) is 30.6 Å². The number of anilines is 1. The standard InChI is InChI=1S/C16H20N2OS/c1-18(11-7-3-2-4-8-11)16(19)15-14(17)12-9-5-6-10-13(12)20-15/h5-6,9-11H,2-4,7-8,17H2,1H3. The van der Waals surface area contributed by atoms with Crippen molar-refractivity contribution in [1.29, 1.82) is 0 Å². The van der Waals surface area contributed by atoms with Crippen molar-refractivity contribution in [3.8, 4) is 0 Å². The maximum Gasteiger partial charge on any atom is 0.266 e. The predicted molar refractivity (Wildman–Crippen MR) is 85.2 cm³/mol. The van der Waals surface area contributed by atoms with Gasteiger partial charge in [0, 0.05) is 23.2 Å². The van der Waals surface area contributed by atoms with E-state index in [-0.39, 0.29) is 5.91 Å². The fourth-order valence-electron chi connectivity index (χ4n) is 3.02. The van der Waals surface area contributed by atoms with E-state index in [0.717, 1.165) is 22.9 Å². The minimum atomic E-state index is 0.0793. The highest BCUT2D eigenvalue weighted by Crippen LogP contribution is 2.35. The van der Waals surface area contributed by atoms with Gasteiger partial charge in [-0.2, -0.15) is 0 Å².